The standard InChI is InChI=1S/C33H36F4N4O2/c1-21(2)27-39-28(43-40-27)31-11-8-29(9-12-31,10-13-31)20-41(26(42)15-30-17-32(34,18-30)19-30)24-5-3-4-22(14-24)23-6-7-25(38-16-23)33(35,36)37/h3-7,14,16,21H,8-13,15,17-20H2,1-2H3. The molecule has 6 saturated carbocycles. The van der Waals surface area contributed by atoms with Crippen LogP contribution >= 0.6 is 0 Å². The molecule has 0 N–H and O–H groups in total. The minimum absolute atomic E-state index is 0.0142. The zero-order valence-electron chi connectivity index (χ0n) is 24.5. The van der Waals surface area contributed by atoms with Crippen molar-refractivity contribution in [2.45, 2.75) is 101 Å². The van der Waals surface area contributed by atoms with Gasteiger partial charge in [-0.05, 0) is 92.4 Å². The highest BCUT2D eigenvalue weighted by Gasteiger charge is 2.69. The highest BCUT2D eigenvalue weighted by atomic mass is 19.4. The molecule has 6 nitrogen and oxygen atoms in total. The summed E-state index contributed by atoms with van der Waals surface area (Å²) in [5.41, 5.74) is -0.515. The lowest BCUT2D eigenvalue weighted by molar-refractivity contribution is -0.215. The first-order valence-electron chi connectivity index (χ1n) is 15.3. The van der Waals surface area contributed by atoms with Crippen molar-refractivity contribution in [3.05, 3.63) is 60.0 Å². The molecule has 0 unspecified atom stereocenters. The molecule has 0 aliphatic heterocycles. The quantitative estimate of drug-likeness (QED) is 0.245. The van der Waals surface area contributed by atoms with Crippen LogP contribution in [0.4, 0.5) is 23.2 Å². The Morgan fingerprint density at radius 2 is 1.67 bits per heavy atom. The predicted octanol–water partition coefficient (Wildman–Crippen LogP) is 8.18. The van der Waals surface area contributed by atoms with Gasteiger partial charge < -0.3 is 9.42 Å². The zero-order valence-corrected chi connectivity index (χ0v) is 24.5. The van der Waals surface area contributed by atoms with Gasteiger partial charge in [0.2, 0.25) is 11.8 Å². The fourth-order valence-electron chi connectivity index (χ4n) is 8.22. The molecular weight excluding hydrogens is 560 g/mol. The maximum absolute atomic E-state index is 14.3. The summed E-state index contributed by atoms with van der Waals surface area (Å²) < 4.78 is 59.3. The van der Waals surface area contributed by atoms with Crippen molar-refractivity contribution in [3.63, 3.8) is 0 Å². The molecule has 2 aromatic heterocycles. The van der Waals surface area contributed by atoms with Crippen molar-refractivity contribution in [1.82, 2.24) is 15.1 Å². The van der Waals surface area contributed by atoms with E-state index in [9.17, 15) is 22.4 Å². The van der Waals surface area contributed by atoms with E-state index in [2.05, 4.69) is 10.1 Å². The van der Waals surface area contributed by atoms with Crippen LogP contribution in [0.15, 0.2) is 47.1 Å². The smallest absolute Gasteiger partial charge is 0.339 e. The summed E-state index contributed by atoms with van der Waals surface area (Å²) in [5.74, 6) is 1.65. The largest absolute Gasteiger partial charge is 0.433 e. The van der Waals surface area contributed by atoms with Gasteiger partial charge in [-0.1, -0.05) is 37.2 Å². The molecule has 0 saturated heterocycles. The molecule has 3 aromatic rings. The monoisotopic (exact) mass is 596 g/mol. The molecule has 9 rings (SSSR count). The third kappa shape index (κ3) is 4.94. The van der Waals surface area contributed by atoms with Gasteiger partial charge in [-0.15, -0.1) is 0 Å². The number of rotatable bonds is 8. The molecule has 0 atom stereocenters. The van der Waals surface area contributed by atoms with Crippen LogP contribution in [-0.2, 0) is 16.4 Å². The Morgan fingerprint density at radius 1 is 0.977 bits per heavy atom. The molecular formula is C33H36F4N4O2. The van der Waals surface area contributed by atoms with E-state index in [1.54, 1.807) is 0 Å². The molecule has 10 heteroatoms. The van der Waals surface area contributed by atoms with E-state index in [1.165, 1.54) is 12.3 Å². The molecule has 0 radical (unpaired) electrons. The van der Waals surface area contributed by atoms with Gasteiger partial charge in [0.25, 0.3) is 0 Å². The highest BCUT2D eigenvalue weighted by Crippen LogP contribution is 2.71. The molecule has 4 bridgehead atoms. The second-order valence-corrected chi connectivity index (χ2v) is 14.2. The first kappa shape index (κ1) is 28.5. The third-order valence-electron chi connectivity index (χ3n) is 10.8. The molecule has 6 aliphatic carbocycles. The molecule has 2 heterocycles. The summed E-state index contributed by atoms with van der Waals surface area (Å²) in [6, 6.07) is 9.77. The molecule has 1 amide bonds. The summed E-state index contributed by atoms with van der Waals surface area (Å²) in [4.78, 5) is 24.2. The van der Waals surface area contributed by atoms with Crippen molar-refractivity contribution in [3.8, 4) is 11.1 Å². The molecule has 1 aromatic carbocycles. The SMILES string of the molecule is CC(C)c1noc(C23CCC(CN(C(=O)CC45CC(F)(C4)C5)c4cccc(-c5ccc(C(F)(F)F)nc5)c4)(CC2)CC3)n1. The van der Waals surface area contributed by atoms with E-state index in [4.69, 9.17) is 9.51 Å². The van der Waals surface area contributed by atoms with Crippen LogP contribution in [-0.4, -0.2) is 33.2 Å². The minimum atomic E-state index is -4.51. The van der Waals surface area contributed by atoms with Gasteiger partial charge in [0.1, 0.15) is 11.4 Å². The van der Waals surface area contributed by atoms with Crippen LogP contribution in [0, 0.1) is 10.8 Å². The number of hydrogen-bond donors (Lipinski definition) is 0. The number of anilines is 1. The number of fused-ring (bicyclic) bond motifs is 3. The molecule has 6 aliphatic rings. The maximum atomic E-state index is 14.3. The van der Waals surface area contributed by atoms with E-state index in [-0.39, 0.29) is 28.1 Å². The highest BCUT2D eigenvalue weighted by molar-refractivity contribution is 5.95. The van der Waals surface area contributed by atoms with E-state index in [0.29, 0.717) is 49.0 Å². The third-order valence-corrected chi connectivity index (χ3v) is 10.8. The van der Waals surface area contributed by atoms with Crippen molar-refractivity contribution in [1.29, 1.82) is 0 Å². The van der Waals surface area contributed by atoms with Crippen LogP contribution in [0.2, 0.25) is 0 Å². The van der Waals surface area contributed by atoms with Crippen molar-refractivity contribution in [2.75, 3.05) is 11.4 Å². The second-order valence-electron chi connectivity index (χ2n) is 14.2. The number of benzene rings is 1. The van der Waals surface area contributed by atoms with Gasteiger partial charge in [0, 0.05) is 41.7 Å². The second kappa shape index (κ2) is 9.60. The fourth-order valence-corrected chi connectivity index (χ4v) is 8.22. The average Bonchev–Trinajstić information content (AvgIpc) is 3.47. The van der Waals surface area contributed by atoms with Crippen molar-refractivity contribution >= 4 is 11.6 Å². The number of pyridine rings is 1. The predicted molar refractivity (Wildman–Crippen MR) is 152 cm³/mol. The topological polar surface area (TPSA) is 72.1 Å². The Kier molecular flexibility index (Phi) is 6.35. The maximum Gasteiger partial charge on any atom is 0.433 e. The summed E-state index contributed by atoms with van der Waals surface area (Å²) in [5, 5.41) is 4.21. The minimum Gasteiger partial charge on any atom is -0.339 e. The van der Waals surface area contributed by atoms with Gasteiger partial charge >= 0.3 is 6.18 Å². The lowest BCUT2D eigenvalue weighted by Crippen LogP contribution is -2.65. The Hall–Kier alpha value is -3.30. The number of carbonyl (C=O) groups excluding carboxylic acids is 1. The molecule has 43 heavy (non-hydrogen) atoms. The Morgan fingerprint density at radius 3 is 2.23 bits per heavy atom. The molecule has 6 fully saturated rings. The van der Waals surface area contributed by atoms with Gasteiger partial charge in [0.15, 0.2) is 5.82 Å². The van der Waals surface area contributed by atoms with Crippen molar-refractivity contribution < 1.29 is 26.9 Å². The van der Waals surface area contributed by atoms with Crippen LogP contribution in [0.3, 0.4) is 0 Å². The lowest BCUT2D eigenvalue weighted by atomic mass is 9.41. The van der Waals surface area contributed by atoms with Crippen LogP contribution in [0.5, 0.6) is 0 Å². The normalized spacial score (nSPS) is 31.0. The summed E-state index contributed by atoms with van der Waals surface area (Å²) in [7, 11) is 0. The Bertz CT molecular complexity index is 1500. The number of nitrogens with zero attached hydrogens (tertiary/aromatic N) is 4. The van der Waals surface area contributed by atoms with E-state index in [0.717, 1.165) is 56.3 Å². The number of aromatic nitrogens is 3. The van der Waals surface area contributed by atoms with Crippen molar-refractivity contribution in [2.24, 2.45) is 10.8 Å². The summed E-state index contributed by atoms with van der Waals surface area (Å²) in [6.45, 7) is 4.65. The zero-order chi connectivity index (χ0) is 30.3. The van der Waals surface area contributed by atoms with Crippen LogP contribution in [0.25, 0.3) is 11.1 Å². The molecule has 0 spiro atoms. The van der Waals surface area contributed by atoms with Gasteiger partial charge in [-0.25, -0.2) is 4.39 Å². The lowest BCUT2D eigenvalue weighted by Gasteiger charge is -2.66. The summed E-state index contributed by atoms with van der Waals surface area (Å²) >= 11 is 0. The number of halogens is 4. The average molecular weight is 597 g/mol. The number of carbonyl (C=O) groups is 1. The van der Waals surface area contributed by atoms with Gasteiger partial charge in [0.05, 0.1) is 0 Å². The van der Waals surface area contributed by atoms with Gasteiger partial charge in [-0.2, -0.15) is 18.2 Å². The van der Waals surface area contributed by atoms with Crippen LogP contribution < -0.4 is 4.90 Å². The fraction of sp³-hybridized carbons (Fsp3) is 0.576. The number of amides is 1. The first-order valence-corrected chi connectivity index (χ1v) is 15.3. The van der Waals surface area contributed by atoms with E-state index >= 15 is 0 Å². The van der Waals surface area contributed by atoms with Crippen LogP contribution in [0.1, 0.15) is 101 Å². The number of hydrogen-bond acceptors (Lipinski definition) is 5. The first-order chi connectivity index (χ1) is 20.3. The Labute approximate surface area is 248 Å². The van der Waals surface area contributed by atoms with E-state index in [1.807, 2.05) is 43.0 Å². The number of alkyl halides is 4. The molecule has 228 valence electrons. The Balaban J connectivity index is 1.14. The van der Waals surface area contributed by atoms with Gasteiger partial charge in [-0.3, -0.25) is 9.78 Å². The van der Waals surface area contributed by atoms with E-state index < -0.39 is 17.5 Å². The summed E-state index contributed by atoms with van der Waals surface area (Å²) in [6.07, 6.45) is 3.91.